The number of para-hydroxylation sites is 1. The van der Waals surface area contributed by atoms with Crippen molar-refractivity contribution in [3.63, 3.8) is 0 Å². The minimum Gasteiger partial charge on any atom is -0.494 e. The first-order chi connectivity index (χ1) is 19.5. The van der Waals surface area contributed by atoms with Crippen LogP contribution >= 0.6 is 0 Å². The van der Waals surface area contributed by atoms with Gasteiger partial charge >= 0.3 is 0 Å². The summed E-state index contributed by atoms with van der Waals surface area (Å²) in [5, 5.41) is 3.12. The van der Waals surface area contributed by atoms with Crippen molar-refractivity contribution in [2.45, 2.75) is 111 Å². The molecule has 0 atom stereocenters. The molecular formula is C36H51N2O2+. The van der Waals surface area contributed by atoms with Crippen molar-refractivity contribution >= 4 is 11.6 Å². The van der Waals surface area contributed by atoms with Gasteiger partial charge in [0, 0.05) is 16.7 Å². The number of unbranched alkanes of at least 4 members (excludes halogenated alkanes) is 11. The first-order valence-corrected chi connectivity index (χ1v) is 15.6. The summed E-state index contributed by atoms with van der Waals surface area (Å²) >= 11 is 0. The summed E-state index contributed by atoms with van der Waals surface area (Å²) in [6.45, 7) is 7.95. The van der Waals surface area contributed by atoms with Crippen LogP contribution in [0, 0.1) is 13.8 Å². The maximum absolute atomic E-state index is 12.8. The highest BCUT2D eigenvalue weighted by Gasteiger charge is 2.12. The van der Waals surface area contributed by atoms with E-state index in [1.807, 2.05) is 42.5 Å². The number of benzene rings is 2. The van der Waals surface area contributed by atoms with Gasteiger partial charge in [0.2, 0.25) is 5.91 Å². The molecule has 0 saturated heterocycles. The molecule has 0 radical (unpaired) electrons. The van der Waals surface area contributed by atoms with Crippen LogP contribution in [-0.4, -0.2) is 12.5 Å². The highest BCUT2D eigenvalue weighted by molar-refractivity contribution is 5.93. The standard InChI is InChI=1S/C36H50N2O2/c1-4-5-6-7-8-9-10-11-12-13-14-17-24-40-34-22-20-32(21-23-34)26-36(39)37-35-19-16-15-18-33(35)29-38-27-30(2)25-31(3)28-38/h15-16,18-23,25,27-28H,4-14,17,24,26,29H2,1-3H3/p+1. The van der Waals surface area contributed by atoms with Crippen molar-refractivity contribution in [3.8, 4) is 5.75 Å². The van der Waals surface area contributed by atoms with Gasteiger partial charge in [0.15, 0.2) is 18.9 Å². The van der Waals surface area contributed by atoms with Crippen LogP contribution in [0.3, 0.4) is 0 Å². The van der Waals surface area contributed by atoms with Gasteiger partial charge in [-0.05, 0) is 50.1 Å². The average molecular weight is 544 g/mol. The lowest BCUT2D eigenvalue weighted by molar-refractivity contribution is -0.688. The Morgan fingerprint density at radius 2 is 1.32 bits per heavy atom. The van der Waals surface area contributed by atoms with Crippen LogP contribution in [0.25, 0.3) is 0 Å². The maximum Gasteiger partial charge on any atom is 0.228 e. The van der Waals surface area contributed by atoms with Crippen LogP contribution < -0.4 is 14.6 Å². The zero-order valence-electron chi connectivity index (χ0n) is 25.2. The molecule has 0 aliphatic heterocycles. The molecule has 0 aliphatic rings. The number of rotatable bonds is 19. The van der Waals surface area contributed by atoms with Crippen LogP contribution in [0.1, 0.15) is 106 Å². The van der Waals surface area contributed by atoms with E-state index < -0.39 is 0 Å². The Hall–Kier alpha value is -3.14. The lowest BCUT2D eigenvalue weighted by Crippen LogP contribution is -2.34. The van der Waals surface area contributed by atoms with Gasteiger partial charge in [-0.15, -0.1) is 0 Å². The summed E-state index contributed by atoms with van der Waals surface area (Å²) in [6.07, 6.45) is 20.7. The number of carbonyl (C=O) groups excluding carboxylic acids is 1. The largest absolute Gasteiger partial charge is 0.494 e. The monoisotopic (exact) mass is 543 g/mol. The third-order valence-corrected chi connectivity index (χ3v) is 7.39. The fourth-order valence-corrected chi connectivity index (χ4v) is 5.28. The first kappa shape index (κ1) is 31.4. The predicted molar refractivity (Wildman–Crippen MR) is 167 cm³/mol. The fraction of sp³-hybridized carbons (Fsp3) is 0.500. The Morgan fingerprint density at radius 1 is 0.750 bits per heavy atom. The minimum atomic E-state index is -0.0111. The second kappa shape index (κ2) is 18.3. The molecule has 216 valence electrons. The molecule has 0 spiro atoms. The zero-order chi connectivity index (χ0) is 28.4. The summed E-state index contributed by atoms with van der Waals surface area (Å²) in [6, 6.07) is 18.1. The molecule has 1 aromatic heterocycles. The molecule has 3 aromatic rings. The predicted octanol–water partition coefficient (Wildman–Crippen LogP) is 8.90. The van der Waals surface area contributed by atoms with Crippen molar-refractivity contribution < 1.29 is 14.1 Å². The molecule has 3 rings (SSSR count). The van der Waals surface area contributed by atoms with Gasteiger partial charge in [0.25, 0.3) is 0 Å². The summed E-state index contributed by atoms with van der Waals surface area (Å²) < 4.78 is 8.11. The number of pyridine rings is 1. The normalized spacial score (nSPS) is 11.0. The molecule has 0 saturated carbocycles. The Morgan fingerprint density at radius 3 is 1.95 bits per heavy atom. The molecule has 1 heterocycles. The molecule has 0 bridgehead atoms. The number of carbonyl (C=O) groups is 1. The Labute approximate surface area is 243 Å². The second-order valence-corrected chi connectivity index (χ2v) is 11.3. The van der Waals surface area contributed by atoms with Gasteiger partial charge in [-0.3, -0.25) is 4.79 Å². The van der Waals surface area contributed by atoms with Gasteiger partial charge in [-0.1, -0.05) is 108 Å². The van der Waals surface area contributed by atoms with Gasteiger partial charge in [-0.25, -0.2) is 4.57 Å². The van der Waals surface area contributed by atoms with Crippen LogP contribution in [0.2, 0.25) is 0 Å². The van der Waals surface area contributed by atoms with E-state index in [0.29, 0.717) is 13.0 Å². The number of nitrogens with one attached hydrogen (secondary N) is 1. The molecule has 40 heavy (non-hydrogen) atoms. The molecule has 1 amide bonds. The Balaban J connectivity index is 1.32. The lowest BCUT2D eigenvalue weighted by atomic mass is 10.1. The maximum atomic E-state index is 12.8. The van der Waals surface area contributed by atoms with Crippen LogP contribution in [0.4, 0.5) is 5.69 Å². The van der Waals surface area contributed by atoms with Crippen LogP contribution in [0.5, 0.6) is 5.75 Å². The lowest BCUT2D eigenvalue weighted by Gasteiger charge is -2.11. The number of ether oxygens (including phenoxy) is 1. The van der Waals surface area contributed by atoms with Gasteiger partial charge < -0.3 is 10.1 Å². The van der Waals surface area contributed by atoms with Crippen molar-refractivity contribution in [1.29, 1.82) is 0 Å². The summed E-state index contributed by atoms with van der Waals surface area (Å²) in [7, 11) is 0. The zero-order valence-corrected chi connectivity index (χ0v) is 25.2. The number of aromatic nitrogens is 1. The van der Waals surface area contributed by atoms with E-state index in [9.17, 15) is 4.79 Å². The Bertz CT molecular complexity index is 1120. The number of anilines is 1. The second-order valence-electron chi connectivity index (χ2n) is 11.3. The quantitative estimate of drug-likeness (QED) is 0.121. The molecular weight excluding hydrogens is 492 g/mol. The number of nitrogens with zero attached hydrogens (tertiary/aromatic N) is 1. The number of aryl methyl sites for hydroxylation is 2. The van der Waals surface area contributed by atoms with E-state index in [2.05, 4.69) is 55.2 Å². The third-order valence-electron chi connectivity index (χ3n) is 7.39. The Kier molecular flexibility index (Phi) is 14.3. The van der Waals surface area contributed by atoms with Crippen molar-refractivity contribution in [2.75, 3.05) is 11.9 Å². The third kappa shape index (κ3) is 12.4. The van der Waals surface area contributed by atoms with E-state index in [4.69, 9.17) is 4.74 Å². The molecule has 4 nitrogen and oxygen atoms in total. The minimum absolute atomic E-state index is 0.0111. The van der Waals surface area contributed by atoms with E-state index in [1.54, 1.807) is 0 Å². The van der Waals surface area contributed by atoms with E-state index in [0.717, 1.165) is 35.6 Å². The van der Waals surface area contributed by atoms with Crippen molar-refractivity contribution in [3.05, 3.63) is 89.2 Å². The van der Waals surface area contributed by atoms with Crippen molar-refractivity contribution in [1.82, 2.24) is 0 Å². The molecule has 1 N–H and O–H groups in total. The van der Waals surface area contributed by atoms with E-state index >= 15 is 0 Å². The molecule has 4 heteroatoms. The molecule has 0 aliphatic carbocycles. The fourth-order valence-electron chi connectivity index (χ4n) is 5.28. The number of hydrogen-bond acceptors (Lipinski definition) is 2. The highest BCUT2D eigenvalue weighted by Crippen LogP contribution is 2.18. The van der Waals surface area contributed by atoms with Crippen LogP contribution in [-0.2, 0) is 17.8 Å². The molecule has 0 fully saturated rings. The highest BCUT2D eigenvalue weighted by atomic mass is 16.5. The summed E-state index contributed by atoms with van der Waals surface area (Å²) in [5.41, 5.74) is 5.39. The van der Waals surface area contributed by atoms with Crippen LogP contribution in [0.15, 0.2) is 67.0 Å². The average Bonchev–Trinajstić information content (AvgIpc) is 2.93. The van der Waals surface area contributed by atoms with Gasteiger partial charge in [-0.2, -0.15) is 0 Å². The number of hydrogen-bond donors (Lipinski definition) is 1. The first-order valence-electron chi connectivity index (χ1n) is 15.6. The van der Waals surface area contributed by atoms with Gasteiger partial charge in [0.1, 0.15) is 5.75 Å². The molecule has 0 unspecified atom stereocenters. The van der Waals surface area contributed by atoms with Gasteiger partial charge in [0.05, 0.1) is 18.7 Å². The number of amides is 1. The topological polar surface area (TPSA) is 42.2 Å². The van der Waals surface area contributed by atoms with Crippen molar-refractivity contribution in [2.24, 2.45) is 0 Å². The van der Waals surface area contributed by atoms with E-state index in [1.165, 1.54) is 81.8 Å². The smallest absolute Gasteiger partial charge is 0.228 e. The summed E-state index contributed by atoms with van der Waals surface area (Å²) in [5.74, 6) is 0.867. The summed E-state index contributed by atoms with van der Waals surface area (Å²) in [4.78, 5) is 12.8. The SMILES string of the molecule is CCCCCCCCCCCCCCOc1ccc(CC(=O)Nc2ccccc2C[n+]2cc(C)cc(C)c2)cc1. The molecule has 2 aromatic carbocycles. The van der Waals surface area contributed by atoms with E-state index in [-0.39, 0.29) is 5.91 Å².